The number of hydrogen-bond acceptors (Lipinski definition) is 4. The fourth-order valence-electron chi connectivity index (χ4n) is 2.77. The van der Waals surface area contributed by atoms with Gasteiger partial charge >= 0.3 is 5.97 Å². The summed E-state index contributed by atoms with van der Waals surface area (Å²) < 4.78 is 11.0. The number of carboxylic acid groups (broad SMARTS) is 1. The predicted octanol–water partition coefficient (Wildman–Crippen LogP) is 3.69. The molecule has 0 aliphatic rings. The highest BCUT2D eigenvalue weighted by Gasteiger charge is 2.16. The number of rotatable bonds is 6. The summed E-state index contributed by atoms with van der Waals surface area (Å²) in [6.45, 7) is 1.51. The second kappa shape index (κ2) is 7.21. The van der Waals surface area contributed by atoms with Gasteiger partial charge in [0.1, 0.15) is 11.5 Å². The lowest BCUT2D eigenvalue weighted by molar-refractivity contribution is -0.144. The van der Waals surface area contributed by atoms with E-state index in [1.165, 1.54) is 6.92 Å². The number of ether oxygens (including phenoxy) is 2. The minimum absolute atomic E-state index is 0.532. The summed E-state index contributed by atoms with van der Waals surface area (Å²) in [5.74, 6) is 0.351. The molecular formula is C20H19NO4. The Morgan fingerprint density at radius 2 is 1.84 bits per heavy atom. The summed E-state index contributed by atoms with van der Waals surface area (Å²) in [5, 5.41) is 11.2. The number of pyridine rings is 1. The highest BCUT2D eigenvalue weighted by molar-refractivity contribution is 5.91. The Hall–Kier alpha value is -3.08. The van der Waals surface area contributed by atoms with E-state index in [1.807, 2.05) is 36.4 Å². The maximum Gasteiger partial charge on any atom is 0.344 e. The summed E-state index contributed by atoms with van der Waals surface area (Å²) >= 11 is 0. The molecule has 1 heterocycles. The largest absolute Gasteiger partial charge is 0.496 e. The molecule has 0 saturated carbocycles. The highest BCUT2D eigenvalue weighted by atomic mass is 16.5. The molecule has 0 aliphatic heterocycles. The van der Waals surface area contributed by atoms with E-state index in [0.29, 0.717) is 12.2 Å². The lowest BCUT2D eigenvalue weighted by Gasteiger charge is -2.15. The van der Waals surface area contributed by atoms with Gasteiger partial charge in [0.15, 0.2) is 6.10 Å². The van der Waals surface area contributed by atoms with Crippen LogP contribution in [0.3, 0.4) is 0 Å². The maximum absolute atomic E-state index is 11.1. The molecule has 0 spiro atoms. The molecule has 128 valence electrons. The molecule has 0 aliphatic carbocycles. The predicted molar refractivity (Wildman–Crippen MR) is 95.3 cm³/mol. The molecule has 0 fully saturated rings. The maximum atomic E-state index is 11.1. The number of fused-ring (bicyclic) bond motifs is 1. The third kappa shape index (κ3) is 3.55. The molecule has 3 aromatic rings. The minimum Gasteiger partial charge on any atom is -0.496 e. The van der Waals surface area contributed by atoms with Crippen LogP contribution in [0, 0.1) is 0 Å². The van der Waals surface area contributed by atoms with Gasteiger partial charge in [-0.1, -0.05) is 30.3 Å². The van der Waals surface area contributed by atoms with Crippen LogP contribution in [0.4, 0.5) is 0 Å². The Balaban J connectivity index is 1.99. The molecule has 1 atom stereocenters. The molecule has 2 aromatic carbocycles. The summed E-state index contributed by atoms with van der Waals surface area (Å²) in [5.41, 5.74) is 1.93. The summed E-state index contributed by atoms with van der Waals surface area (Å²) in [6, 6.07) is 13.7. The number of aromatic nitrogens is 1. The number of carbonyl (C=O) groups is 1. The molecule has 0 saturated heterocycles. The molecule has 25 heavy (non-hydrogen) atoms. The normalized spacial score (nSPS) is 11.9. The number of aliphatic carboxylic acids is 1. The van der Waals surface area contributed by atoms with Crippen LogP contribution in [0.5, 0.6) is 11.5 Å². The summed E-state index contributed by atoms with van der Waals surface area (Å²) in [7, 11) is 1.65. The summed E-state index contributed by atoms with van der Waals surface area (Å²) in [4.78, 5) is 15.2. The van der Waals surface area contributed by atoms with Crippen LogP contribution in [0.15, 0.2) is 54.9 Å². The minimum atomic E-state index is -1.00. The molecule has 5 heteroatoms. The number of methoxy groups -OCH3 is 1. The molecule has 3 rings (SSSR count). The lowest BCUT2D eigenvalue weighted by atomic mass is 9.98. The SMILES string of the molecule is COc1ccc(Cc2cnccc2OC(C)C(=O)O)c2ccccc12. The fraction of sp³-hybridized carbons (Fsp3) is 0.200. The van der Waals surface area contributed by atoms with E-state index in [0.717, 1.165) is 27.6 Å². The van der Waals surface area contributed by atoms with Gasteiger partial charge in [0.25, 0.3) is 0 Å². The zero-order chi connectivity index (χ0) is 17.8. The van der Waals surface area contributed by atoms with E-state index >= 15 is 0 Å². The van der Waals surface area contributed by atoms with E-state index in [9.17, 15) is 4.79 Å². The van der Waals surface area contributed by atoms with Crippen molar-refractivity contribution in [3.8, 4) is 11.5 Å². The average molecular weight is 337 g/mol. The van der Waals surface area contributed by atoms with Gasteiger partial charge in [0, 0.05) is 29.8 Å². The molecule has 1 unspecified atom stereocenters. The Morgan fingerprint density at radius 3 is 2.56 bits per heavy atom. The van der Waals surface area contributed by atoms with Crippen LogP contribution in [-0.2, 0) is 11.2 Å². The van der Waals surface area contributed by atoms with Crippen molar-refractivity contribution in [2.75, 3.05) is 7.11 Å². The van der Waals surface area contributed by atoms with Gasteiger partial charge < -0.3 is 14.6 Å². The molecule has 0 radical (unpaired) electrons. The first-order valence-corrected chi connectivity index (χ1v) is 7.97. The van der Waals surface area contributed by atoms with Gasteiger partial charge in [-0.25, -0.2) is 4.79 Å². The molecule has 1 aromatic heterocycles. The van der Waals surface area contributed by atoms with E-state index in [4.69, 9.17) is 14.6 Å². The van der Waals surface area contributed by atoms with Crippen molar-refractivity contribution >= 4 is 16.7 Å². The first-order valence-electron chi connectivity index (χ1n) is 7.97. The molecule has 0 amide bonds. The first kappa shape index (κ1) is 16.8. The Kier molecular flexibility index (Phi) is 4.84. The number of nitrogens with zero attached hydrogens (tertiary/aromatic N) is 1. The number of hydrogen-bond donors (Lipinski definition) is 1. The van der Waals surface area contributed by atoms with Crippen molar-refractivity contribution in [2.24, 2.45) is 0 Å². The molecule has 5 nitrogen and oxygen atoms in total. The lowest BCUT2D eigenvalue weighted by Crippen LogP contribution is -2.23. The topological polar surface area (TPSA) is 68.7 Å². The monoisotopic (exact) mass is 337 g/mol. The van der Waals surface area contributed by atoms with Crippen molar-refractivity contribution in [1.82, 2.24) is 4.98 Å². The van der Waals surface area contributed by atoms with Crippen LogP contribution < -0.4 is 9.47 Å². The summed E-state index contributed by atoms with van der Waals surface area (Å²) in [6.07, 6.45) is 2.97. The van der Waals surface area contributed by atoms with E-state index < -0.39 is 12.1 Å². The van der Waals surface area contributed by atoms with Crippen molar-refractivity contribution in [1.29, 1.82) is 0 Å². The third-order valence-corrected chi connectivity index (χ3v) is 4.09. The van der Waals surface area contributed by atoms with Crippen molar-refractivity contribution in [3.63, 3.8) is 0 Å². The van der Waals surface area contributed by atoms with Crippen molar-refractivity contribution < 1.29 is 19.4 Å². The third-order valence-electron chi connectivity index (χ3n) is 4.09. The van der Waals surface area contributed by atoms with Crippen molar-refractivity contribution in [2.45, 2.75) is 19.4 Å². The molecular weight excluding hydrogens is 318 g/mol. The van der Waals surface area contributed by atoms with Crippen LogP contribution in [0.1, 0.15) is 18.1 Å². The zero-order valence-corrected chi connectivity index (χ0v) is 14.1. The van der Waals surface area contributed by atoms with Gasteiger partial charge in [-0.3, -0.25) is 4.98 Å². The first-order chi connectivity index (χ1) is 12.1. The Labute approximate surface area is 145 Å². The van der Waals surface area contributed by atoms with Crippen LogP contribution in [0.25, 0.3) is 10.8 Å². The second-order valence-corrected chi connectivity index (χ2v) is 5.73. The van der Waals surface area contributed by atoms with Crippen LogP contribution >= 0.6 is 0 Å². The number of carboxylic acids is 1. The van der Waals surface area contributed by atoms with Gasteiger partial charge in [-0.2, -0.15) is 0 Å². The Morgan fingerprint density at radius 1 is 1.08 bits per heavy atom. The van der Waals surface area contributed by atoms with E-state index in [-0.39, 0.29) is 0 Å². The van der Waals surface area contributed by atoms with Gasteiger partial charge in [0.05, 0.1) is 7.11 Å². The van der Waals surface area contributed by atoms with Gasteiger partial charge in [0.2, 0.25) is 0 Å². The fourth-order valence-corrected chi connectivity index (χ4v) is 2.77. The molecule has 1 N–H and O–H groups in total. The number of benzene rings is 2. The quantitative estimate of drug-likeness (QED) is 0.743. The van der Waals surface area contributed by atoms with E-state index in [1.54, 1.807) is 25.6 Å². The smallest absolute Gasteiger partial charge is 0.344 e. The van der Waals surface area contributed by atoms with Crippen LogP contribution in [-0.4, -0.2) is 29.3 Å². The standard InChI is InChI=1S/C20H19NO4/c1-13(20(22)23)25-18-9-10-21-12-15(18)11-14-7-8-19(24-2)17-6-4-3-5-16(14)17/h3-10,12-13H,11H2,1-2H3,(H,22,23). The highest BCUT2D eigenvalue weighted by Crippen LogP contribution is 2.31. The zero-order valence-electron chi connectivity index (χ0n) is 14.1. The van der Waals surface area contributed by atoms with Gasteiger partial charge in [-0.15, -0.1) is 0 Å². The van der Waals surface area contributed by atoms with Crippen molar-refractivity contribution in [3.05, 3.63) is 66.0 Å². The Bertz CT molecular complexity index is 907. The molecule has 0 bridgehead atoms. The average Bonchev–Trinajstić information content (AvgIpc) is 2.63. The van der Waals surface area contributed by atoms with E-state index in [2.05, 4.69) is 4.98 Å². The van der Waals surface area contributed by atoms with Gasteiger partial charge in [-0.05, 0) is 30.0 Å². The second-order valence-electron chi connectivity index (χ2n) is 5.73. The van der Waals surface area contributed by atoms with Crippen LogP contribution in [0.2, 0.25) is 0 Å².